The molecule has 156 valence electrons. The molecule has 0 atom stereocenters. The molecule has 0 bridgehead atoms. The summed E-state index contributed by atoms with van der Waals surface area (Å²) in [6.45, 7) is 1.98. The van der Waals surface area contributed by atoms with Gasteiger partial charge >= 0.3 is 0 Å². The Morgan fingerprint density at radius 2 is 2.00 bits per heavy atom. The summed E-state index contributed by atoms with van der Waals surface area (Å²) in [7, 11) is 0. The summed E-state index contributed by atoms with van der Waals surface area (Å²) in [5.74, 6) is -0.236. The summed E-state index contributed by atoms with van der Waals surface area (Å²) in [6.07, 6.45) is 1.63. The molecule has 0 radical (unpaired) electrons. The van der Waals surface area contributed by atoms with Gasteiger partial charge in [-0.3, -0.25) is 14.2 Å². The van der Waals surface area contributed by atoms with E-state index in [1.165, 1.54) is 16.3 Å². The van der Waals surface area contributed by atoms with Gasteiger partial charge in [0.15, 0.2) is 5.16 Å². The molecule has 0 spiro atoms. The third-order valence-electron chi connectivity index (χ3n) is 4.43. The van der Waals surface area contributed by atoms with Crippen LogP contribution in [0, 0.1) is 6.92 Å². The zero-order chi connectivity index (χ0) is 21.8. The number of amides is 1. The Labute approximate surface area is 191 Å². The number of nitrogens with one attached hydrogen (secondary N) is 1. The summed E-state index contributed by atoms with van der Waals surface area (Å²) in [5.41, 5.74) is 4.62. The first-order chi connectivity index (χ1) is 15.0. The maximum Gasteiger partial charge on any atom is 0.266 e. The van der Waals surface area contributed by atoms with Gasteiger partial charge in [0.1, 0.15) is 0 Å². The Bertz CT molecular complexity index is 1330. The first-order valence-corrected chi connectivity index (χ1v) is 11.5. The molecule has 2 heterocycles. The van der Waals surface area contributed by atoms with Crippen LogP contribution in [0.1, 0.15) is 10.4 Å². The number of halogens is 1. The van der Waals surface area contributed by atoms with E-state index in [0.29, 0.717) is 26.8 Å². The van der Waals surface area contributed by atoms with Crippen LogP contribution < -0.4 is 11.0 Å². The highest BCUT2D eigenvalue weighted by Gasteiger charge is 2.14. The van der Waals surface area contributed by atoms with Gasteiger partial charge in [-0.05, 0) is 60.3 Å². The zero-order valence-electron chi connectivity index (χ0n) is 16.4. The largest absolute Gasteiger partial charge is 0.272 e. The van der Waals surface area contributed by atoms with Crippen molar-refractivity contribution in [3.8, 4) is 5.69 Å². The molecule has 1 N–H and O–H groups in total. The predicted molar refractivity (Wildman–Crippen MR) is 128 cm³/mol. The van der Waals surface area contributed by atoms with Gasteiger partial charge in [0, 0.05) is 9.90 Å². The molecule has 0 aliphatic rings. The van der Waals surface area contributed by atoms with E-state index < -0.39 is 0 Å². The van der Waals surface area contributed by atoms with Gasteiger partial charge in [0.25, 0.3) is 11.5 Å². The second-order valence-corrected chi connectivity index (χ2v) is 8.90. The van der Waals surface area contributed by atoms with Crippen molar-refractivity contribution in [3.05, 3.63) is 85.8 Å². The van der Waals surface area contributed by atoms with E-state index >= 15 is 0 Å². The molecule has 2 aromatic carbocycles. The monoisotopic (exact) mass is 468 g/mol. The number of hydrogen-bond donors (Lipinski definition) is 1. The van der Waals surface area contributed by atoms with Crippen LogP contribution >= 0.6 is 34.7 Å². The molecule has 0 saturated carbocycles. The van der Waals surface area contributed by atoms with E-state index in [4.69, 9.17) is 11.6 Å². The summed E-state index contributed by atoms with van der Waals surface area (Å²) >= 11 is 8.72. The number of benzene rings is 2. The van der Waals surface area contributed by atoms with Crippen LogP contribution in [0.5, 0.6) is 0 Å². The van der Waals surface area contributed by atoms with Gasteiger partial charge in [0.2, 0.25) is 0 Å². The third kappa shape index (κ3) is 4.87. The third-order valence-corrected chi connectivity index (χ3v) is 6.58. The number of carbonyl (C=O) groups excluding carboxylic acids is 1. The lowest BCUT2D eigenvalue weighted by molar-refractivity contribution is -0.118. The van der Waals surface area contributed by atoms with Crippen molar-refractivity contribution in [2.75, 3.05) is 5.75 Å². The minimum absolute atomic E-state index is 0.0547. The number of aryl methyl sites for hydroxylation is 1. The van der Waals surface area contributed by atoms with E-state index in [1.807, 2.05) is 24.4 Å². The molecule has 1 amide bonds. The van der Waals surface area contributed by atoms with Crippen molar-refractivity contribution in [2.24, 2.45) is 5.10 Å². The van der Waals surface area contributed by atoms with Crippen molar-refractivity contribution in [1.29, 1.82) is 0 Å². The average molecular weight is 469 g/mol. The second kappa shape index (κ2) is 9.47. The molecule has 0 aliphatic heterocycles. The summed E-state index contributed by atoms with van der Waals surface area (Å²) < 4.78 is 1.49. The van der Waals surface area contributed by atoms with E-state index in [9.17, 15) is 9.59 Å². The highest BCUT2D eigenvalue weighted by atomic mass is 35.5. The van der Waals surface area contributed by atoms with Crippen molar-refractivity contribution in [1.82, 2.24) is 15.0 Å². The van der Waals surface area contributed by atoms with E-state index in [2.05, 4.69) is 15.5 Å². The number of carbonyl (C=O) groups is 1. The Balaban J connectivity index is 1.59. The minimum atomic E-state index is -0.291. The normalized spacial score (nSPS) is 11.3. The summed E-state index contributed by atoms with van der Waals surface area (Å²) in [6, 6.07) is 16.0. The van der Waals surface area contributed by atoms with E-state index in [0.717, 1.165) is 10.4 Å². The fourth-order valence-electron chi connectivity index (χ4n) is 2.87. The number of thioether (sulfide) groups is 1. The highest BCUT2D eigenvalue weighted by molar-refractivity contribution is 7.99. The lowest BCUT2D eigenvalue weighted by Crippen LogP contribution is -2.24. The number of rotatable bonds is 6. The molecule has 6 nitrogen and oxygen atoms in total. The number of fused-ring (bicyclic) bond motifs is 1. The Hall–Kier alpha value is -2.94. The SMILES string of the molecule is Cc1ccsc1/C=N\NC(=O)CSc1nc2ccccc2c(=O)n1-c1ccc(Cl)cc1. The van der Waals surface area contributed by atoms with Crippen LogP contribution in [0.25, 0.3) is 16.6 Å². The molecule has 31 heavy (non-hydrogen) atoms. The van der Waals surface area contributed by atoms with Crippen LogP contribution in [0.3, 0.4) is 0 Å². The molecule has 0 saturated heterocycles. The molecule has 0 aliphatic carbocycles. The number of hydrogen-bond acceptors (Lipinski definition) is 6. The number of thiophene rings is 1. The van der Waals surface area contributed by atoms with Crippen LogP contribution in [0.2, 0.25) is 5.02 Å². The first kappa shape index (κ1) is 21.3. The Kier molecular flexibility index (Phi) is 6.50. The van der Waals surface area contributed by atoms with Crippen molar-refractivity contribution < 1.29 is 4.79 Å². The number of para-hydroxylation sites is 1. The van der Waals surface area contributed by atoms with Gasteiger partial charge in [-0.2, -0.15) is 5.10 Å². The number of hydrazone groups is 1. The molecular weight excluding hydrogens is 452 g/mol. The zero-order valence-corrected chi connectivity index (χ0v) is 18.8. The topological polar surface area (TPSA) is 76.3 Å². The lowest BCUT2D eigenvalue weighted by atomic mass is 10.2. The predicted octanol–water partition coefficient (Wildman–Crippen LogP) is 4.65. The standard InChI is InChI=1S/C22H17ClN4O2S2/c1-14-10-11-30-19(14)12-24-26-20(28)13-31-22-25-18-5-3-2-4-17(18)21(29)27(22)16-8-6-15(23)7-9-16/h2-12H,13H2,1H3,(H,26,28)/b24-12-. The number of nitrogens with zero attached hydrogens (tertiary/aromatic N) is 3. The lowest BCUT2D eigenvalue weighted by Gasteiger charge is -2.13. The molecule has 4 aromatic rings. The van der Waals surface area contributed by atoms with Crippen molar-refractivity contribution >= 4 is 57.7 Å². The first-order valence-electron chi connectivity index (χ1n) is 9.29. The van der Waals surface area contributed by atoms with Gasteiger partial charge in [-0.25, -0.2) is 10.4 Å². The van der Waals surface area contributed by atoms with Crippen LogP contribution in [-0.4, -0.2) is 27.4 Å². The second-order valence-electron chi connectivity index (χ2n) is 6.58. The van der Waals surface area contributed by atoms with Crippen LogP contribution in [-0.2, 0) is 4.79 Å². The van der Waals surface area contributed by atoms with Crippen LogP contribution in [0.4, 0.5) is 0 Å². The fraction of sp³-hybridized carbons (Fsp3) is 0.0909. The summed E-state index contributed by atoms with van der Waals surface area (Å²) in [5, 5.41) is 7.47. The molecule has 4 rings (SSSR count). The van der Waals surface area contributed by atoms with Crippen LogP contribution in [0.15, 0.2) is 75.0 Å². The fourth-order valence-corrected chi connectivity index (χ4v) is 4.59. The van der Waals surface area contributed by atoms with E-state index in [-0.39, 0.29) is 17.2 Å². The quantitative estimate of drug-likeness (QED) is 0.193. The van der Waals surface area contributed by atoms with E-state index in [1.54, 1.807) is 60.0 Å². The number of aromatic nitrogens is 2. The van der Waals surface area contributed by atoms with Gasteiger partial charge in [0.05, 0.1) is 28.6 Å². The Morgan fingerprint density at radius 1 is 1.23 bits per heavy atom. The smallest absolute Gasteiger partial charge is 0.266 e. The van der Waals surface area contributed by atoms with Gasteiger partial charge in [-0.1, -0.05) is 35.5 Å². The Morgan fingerprint density at radius 3 is 2.74 bits per heavy atom. The molecule has 0 fully saturated rings. The molecule has 0 unspecified atom stereocenters. The van der Waals surface area contributed by atoms with Gasteiger partial charge < -0.3 is 0 Å². The molecular formula is C22H17ClN4O2S2. The maximum atomic E-state index is 13.2. The highest BCUT2D eigenvalue weighted by Crippen LogP contribution is 2.22. The minimum Gasteiger partial charge on any atom is -0.272 e. The maximum absolute atomic E-state index is 13.2. The average Bonchev–Trinajstić information content (AvgIpc) is 3.18. The summed E-state index contributed by atoms with van der Waals surface area (Å²) in [4.78, 5) is 31.1. The molecule has 2 aromatic heterocycles. The molecule has 9 heteroatoms. The van der Waals surface area contributed by atoms with Gasteiger partial charge in [-0.15, -0.1) is 11.3 Å². The van der Waals surface area contributed by atoms with Crippen molar-refractivity contribution in [2.45, 2.75) is 12.1 Å². The van der Waals surface area contributed by atoms with Crippen molar-refractivity contribution in [3.63, 3.8) is 0 Å².